The lowest BCUT2D eigenvalue weighted by Gasteiger charge is -2.29. The Balaban J connectivity index is 1.44. The Morgan fingerprint density at radius 2 is 2.06 bits per heavy atom. The van der Waals surface area contributed by atoms with Crippen molar-refractivity contribution in [1.29, 1.82) is 0 Å². The number of aliphatic carboxylic acids is 1. The van der Waals surface area contributed by atoms with Gasteiger partial charge in [0.1, 0.15) is 5.82 Å². The van der Waals surface area contributed by atoms with E-state index in [-0.39, 0.29) is 5.92 Å². The van der Waals surface area contributed by atoms with E-state index in [1.165, 1.54) is 12.4 Å². The van der Waals surface area contributed by atoms with E-state index in [1.54, 1.807) is 29.0 Å². The van der Waals surface area contributed by atoms with E-state index < -0.39 is 25.0 Å². The summed E-state index contributed by atoms with van der Waals surface area (Å²) in [6, 6.07) is 5.37. The fourth-order valence-corrected chi connectivity index (χ4v) is 5.23. The first-order valence-electron chi connectivity index (χ1n) is 12.4. The predicted octanol–water partition coefficient (Wildman–Crippen LogP) is 4.84. The minimum absolute atomic E-state index is 0.00410. The van der Waals surface area contributed by atoms with Crippen molar-refractivity contribution in [1.82, 2.24) is 24.1 Å². The van der Waals surface area contributed by atoms with Crippen molar-refractivity contribution >= 4 is 33.4 Å². The molecule has 34 heavy (non-hydrogen) atoms. The number of aromatic nitrogens is 5. The number of nitrogens with two attached hydrogens (primary N) is 1. The fraction of sp³-hybridized carbons (Fsp3) is 0.333. The molecule has 3 N–H and O–H groups in total. The van der Waals surface area contributed by atoms with Crippen LogP contribution >= 0.6 is 15.9 Å². The molecular formula is C24H24BrFN6O2. The molecule has 4 heterocycles. The zero-order valence-corrected chi connectivity index (χ0v) is 19.6. The third-order valence-electron chi connectivity index (χ3n) is 6.52. The molecule has 0 aliphatic heterocycles. The highest BCUT2D eigenvalue weighted by molar-refractivity contribution is 9.10. The zero-order valence-electron chi connectivity index (χ0n) is 21.0. The number of pyridine rings is 1. The Labute approximate surface area is 208 Å². The van der Waals surface area contributed by atoms with Gasteiger partial charge >= 0.3 is 5.97 Å². The maximum atomic E-state index is 14.0. The highest BCUT2D eigenvalue weighted by atomic mass is 79.9. The van der Waals surface area contributed by atoms with Gasteiger partial charge in [-0.2, -0.15) is 9.61 Å². The Kier molecular flexibility index (Phi) is 4.95. The number of nitrogens with zero attached hydrogens (tertiary/aromatic N) is 5. The van der Waals surface area contributed by atoms with Crippen LogP contribution in [0.15, 0.2) is 47.5 Å². The van der Waals surface area contributed by atoms with Crippen molar-refractivity contribution in [2.24, 2.45) is 12.9 Å². The molecule has 4 aromatic rings. The molecule has 1 atom stereocenters. The van der Waals surface area contributed by atoms with Gasteiger partial charge in [0.05, 0.1) is 22.1 Å². The largest absolute Gasteiger partial charge is 0.479 e. The molecule has 4 aromatic heterocycles. The number of rotatable bonds is 5. The first-order chi connectivity index (χ1) is 17.5. The van der Waals surface area contributed by atoms with Gasteiger partial charge in [-0.3, -0.25) is 4.98 Å². The number of carboxylic acids is 1. The molecule has 5 rings (SSSR count). The molecule has 1 aliphatic rings. The van der Waals surface area contributed by atoms with Crippen LogP contribution in [0.1, 0.15) is 41.4 Å². The third-order valence-corrected chi connectivity index (χ3v) is 7.33. The summed E-state index contributed by atoms with van der Waals surface area (Å²) >= 11 is 3.55. The van der Waals surface area contributed by atoms with Crippen LogP contribution in [0.3, 0.4) is 0 Å². The van der Waals surface area contributed by atoms with Gasteiger partial charge in [-0.1, -0.05) is 6.07 Å². The highest BCUT2D eigenvalue weighted by Gasteiger charge is 2.34. The minimum Gasteiger partial charge on any atom is -0.479 e. The van der Waals surface area contributed by atoms with Crippen LogP contribution in [0.2, 0.25) is 0 Å². The molecule has 0 bridgehead atoms. The second kappa shape index (κ2) is 8.83. The lowest BCUT2D eigenvalue weighted by Crippen LogP contribution is -2.28. The Bertz CT molecular complexity index is 1460. The number of halogens is 2. The summed E-state index contributed by atoms with van der Waals surface area (Å²) < 4.78 is 39.9. The number of hydrogen-bond acceptors (Lipinski definition) is 5. The number of nitrogen functional groups attached to an aromatic ring is 1. The van der Waals surface area contributed by atoms with E-state index in [9.17, 15) is 9.18 Å². The van der Waals surface area contributed by atoms with Gasteiger partial charge in [-0.25, -0.2) is 14.2 Å². The zero-order chi connectivity index (χ0) is 26.5. The van der Waals surface area contributed by atoms with Crippen molar-refractivity contribution in [2.75, 3.05) is 5.73 Å². The molecule has 176 valence electrons. The maximum Gasteiger partial charge on any atom is 0.338 e. The minimum atomic E-state index is -2.25. The lowest BCUT2D eigenvalue weighted by molar-refractivity contribution is -0.145. The summed E-state index contributed by atoms with van der Waals surface area (Å²) in [5, 5.41) is 13.4. The number of carbonyl (C=O) groups is 1. The smallest absolute Gasteiger partial charge is 0.338 e. The molecule has 10 heteroatoms. The van der Waals surface area contributed by atoms with Crippen LogP contribution in [0.25, 0.3) is 28.0 Å². The normalized spacial score (nSPS) is 21.1. The average molecular weight is 530 g/mol. The number of carboxylic acid groups (broad SMARTS) is 1. The van der Waals surface area contributed by atoms with Gasteiger partial charge in [0.15, 0.2) is 11.8 Å². The molecule has 1 saturated carbocycles. The molecule has 0 amide bonds. The first-order valence-corrected chi connectivity index (χ1v) is 11.7. The molecule has 0 radical (unpaired) electrons. The van der Waals surface area contributed by atoms with Crippen molar-refractivity contribution in [2.45, 2.75) is 37.8 Å². The summed E-state index contributed by atoms with van der Waals surface area (Å²) in [5.74, 6) is -1.52. The fourth-order valence-electron chi connectivity index (χ4n) is 4.65. The van der Waals surface area contributed by atoms with E-state index in [0.29, 0.717) is 52.9 Å². The van der Waals surface area contributed by atoms with E-state index in [2.05, 4.69) is 26.0 Å². The quantitative estimate of drug-likeness (QED) is 0.382. The molecule has 0 aromatic carbocycles. The van der Waals surface area contributed by atoms with Crippen LogP contribution in [0.4, 0.5) is 10.2 Å². The molecule has 0 saturated heterocycles. The number of alkyl halides is 1. The topological polar surface area (TPSA) is 111 Å². The van der Waals surface area contributed by atoms with Gasteiger partial charge < -0.3 is 15.4 Å². The number of aryl methyl sites for hydroxylation is 1. The van der Waals surface area contributed by atoms with E-state index in [0.717, 1.165) is 21.4 Å². The number of fused-ring (bicyclic) bond motifs is 1. The maximum absolute atomic E-state index is 14.0. The van der Waals surface area contributed by atoms with Gasteiger partial charge in [-0.15, -0.1) is 0 Å². The molecular weight excluding hydrogens is 503 g/mol. The summed E-state index contributed by atoms with van der Waals surface area (Å²) in [5.41, 5.74) is 10.5. The molecule has 0 spiro atoms. The van der Waals surface area contributed by atoms with E-state index >= 15 is 0 Å². The lowest BCUT2D eigenvalue weighted by atomic mass is 9.78. The monoisotopic (exact) mass is 529 g/mol. The summed E-state index contributed by atoms with van der Waals surface area (Å²) in [6.45, 7) is -2.25. The van der Waals surface area contributed by atoms with Gasteiger partial charge in [-0.05, 0) is 53.7 Å². The standard InChI is InChI=1S/C24H24BrFN6O2/c1-31-9-8-16(12-31)18-7-6-15(10-28-18)17-11-29-32-22(27)19(25)21(30-23(17)32)14-4-2-13(3-5-14)20(26)24(33)34/h6-14,20H,2-5,27H2,1H3,(H,33,34)/i1D3. The first kappa shape index (κ1) is 19.1. The SMILES string of the molecule is [2H]C([2H])([2H])n1ccc(-c2ccc(-c3cnn4c(N)c(Br)c(C5CCC(C(F)C(=O)O)CC5)nc34)cn2)c1. The second-order valence-corrected chi connectivity index (χ2v) is 9.37. The van der Waals surface area contributed by atoms with Crippen molar-refractivity contribution in [3.63, 3.8) is 0 Å². The van der Waals surface area contributed by atoms with E-state index in [1.807, 2.05) is 6.07 Å². The summed E-state index contributed by atoms with van der Waals surface area (Å²) in [7, 11) is 0. The summed E-state index contributed by atoms with van der Waals surface area (Å²) in [4.78, 5) is 20.4. The van der Waals surface area contributed by atoms with Gasteiger partial charge in [0, 0.05) is 58.2 Å². The number of hydrogen-bond donors (Lipinski definition) is 2. The molecule has 1 aliphatic carbocycles. The molecule has 1 fully saturated rings. The van der Waals surface area contributed by atoms with Crippen molar-refractivity contribution in [3.8, 4) is 22.4 Å². The van der Waals surface area contributed by atoms with Crippen LogP contribution < -0.4 is 5.73 Å². The number of anilines is 1. The van der Waals surface area contributed by atoms with Crippen LogP contribution in [0, 0.1) is 5.92 Å². The average Bonchev–Trinajstić information content (AvgIpc) is 3.54. The van der Waals surface area contributed by atoms with Crippen molar-refractivity contribution in [3.05, 3.63) is 53.2 Å². The highest BCUT2D eigenvalue weighted by Crippen LogP contribution is 2.41. The second-order valence-electron chi connectivity index (χ2n) is 8.58. The Morgan fingerprint density at radius 1 is 1.26 bits per heavy atom. The van der Waals surface area contributed by atoms with Crippen LogP contribution in [0.5, 0.6) is 0 Å². The van der Waals surface area contributed by atoms with Crippen LogP contribution in [-0.2, 0) is 11.8 Å². The van der Waals surface area contributed by atoms with Gasteiger partial charge in [0.2, 0.25) is 0 Å². The van der Waals surface area contributed by atoms with Crippen LogP contribution in [-0.4, -0.2) is 41.4 Å². The Morgan fingerprint density at radius 3 is 2.71 bits per heavy atom. The van der Waals surface area contributed by atoms with Crippen molar-refractivity contribution < 1.29 is 18.4 Å². The predicted molar refractivity (Wildman–Crippen MR) is 130 cm³/mol. The molecule has 1 unspecified atom stereocenters. The van der Waals surface area contributed by atoms with E-state index in [4.69, 9.17) is 19.9 Å². The third kappa shape index (κ3) is 3.96. The Hall–Kier alpha value is -3.27. The van der Waals surface area contributed by atoms with Gasteiger partial charge in [0.25, 0.3) is 0 Å². The molecule has 8 nitrogen and oxygen atoms in total. The summed E-state index contributed by atoms with van der Waals surface area (Å²) in [6.07, 6.45) is 6.64.